The molecule has 0 N–H and O–H groups in total. The van der Waals surface area contributed by atoms with E-state index in [-0.39, 0.29) is 12.5 Å². The molecule has 0 aromatic heterocycles. The van der Waals surface area contributed by atoms with Gasteiger partial charge in [-0.25, -0.2) is 0 Å². The fourth-order valence-corrected chi connectivity index (χ4v) is 1.52. The lowest BCUT2D eigenvalue weighted by atomic mass is 10.3. The van der Waals surface area contributed by atoms with E-state index in [2.05, 4.69) is 6.07 Å². The Balaban J connectivity index is 1.79. The number of benzene rings is 1. The first-order chi connectivity index (χ1) is 7.86. The summed E-state index contributed by atoms with van der Waals surface area (Å²) >= 11 is 0. The minimum absolute atomic E-state index is 0.0103. The van der Waals surface area contributed by atoms with Gasteiger partial charge in [0.1, 0.15) is 5.75 Å². The van der Waals surface area contributed by atoms with Gasteiger partial charge in [-0.05, 0) is 18.2 Å². The zero-order valence-corrected chi connectivity index (χ0v) is 9.02. The van der Waals surface area contributed by atoms with Crippen molar-refractivity contribution in [2.24, 2.45) is 0 Å². The zero-order valence-electron chi connectivity index (χ0n) is 9.02. The van der Waals surface area contributed by atoms with E-state index in [4.69, 9.17) is 9.47 Å². The number of nitrogens with zero attached hydrogens (tertiary/aromatic N) is 1. The fourth-order valence-electron chi connectivity index (χ4n) is 1.52. The molecule has 1 heterocycles. The van der Waals surface area contributed by atoms with Crippen LogP contribution in [-0.4, -0.2) is 43.7 Å². The van der Waals surface area contributed by atoms with Crippen molar-refractivity contribution in [3.8, 4) is 5.75 Å². The van der Waals surface area contributed by atoms with E-state index in [1.807, 2.05) is 0 Å². The molecule has 1 saturated heterocycles. The molecule has 1 amide bonds. The Morgan fingerprint density at radius 2 is 2.06 bits per heavy atom. The largest absolute Gasteiger partial charge is 0.484 e. The minimum atomic E-state index is 0.0103. The molecule has 16 heavy (non-hydrogen) atoms. The van der Waals surface area contributed by atoms with Gasteiger partial charge in [-0.3, -0.25) is 4.79 Å². The summed E-state index contributed by atoms with van der Waals surface area (Å²) < 4.78 is 10.5. The molecule has 1 aliphatic rings. The molecule has 2 rings (SSSR count). The van der Waals surface area contributed by atoms with Gasteiger partial charge in [-0.1, -0.05) is 12.1 Å². The third kappa shape index (κ3) is 2.97. The first kappa shape index (κ1) is 11.0. The zero-order chi connectivity index (χ0) is 11.2. The Labute approximate surface area is 94.8 Å². The lowest BCUT2D eigenvalue weighted by Crippen LogP contribution is -2.42. The molecular formula is C12H14NO3. The van der Waals surface area contributed by atoms with Crippen LogP contribution in [0, 0.1) is 6.07 Å². The Kier molecular flexibility index (Phi) is 3.77. The van der Waals surface area contributed by atoms with Crippen LogP contribution in [0.2, 0.25) is 0 Å². The van der Waals surface area contributed by atoms with Crippen LogP contribution in [0.25, 0.3) is 0 Å². The Hall–Kier alpha value is -1.55. The van der Waals surface area contributed by atoms with Gasteiger partial charge in [0, 0.05) is 13.1 Å². The molecule has 0 bridgehead atoms. The molecule has 0 unspecified atom stereocenters. The van der Waals surface area contributed by atoms with Crippen molar-refractivity contribution in [1.82, 2.24) is 4.90 Å². The van der Waals surface area contributed by atoms with Gasteiger partial charge >= 0.3 is 0 Å². The number of amides is 1. The quantitative estimate of drug-likeness (QED) is 0.753. The number of rotatable bonds is 3. The molecule has 0 atom stereocenters. The monoisotopic (exact) mass is 220 g/mol. The lowest BCUT2D eigenvalue weighted by Gasteiger charge is -2.26. The maximum atomic E-state index is 11.7. The summed E-state index contributed by atoms with van der Waals surface area (Å²) in [7, 11) is 0. The second-order valence-corrected chi connectivity index (χ2v) is 3.52. The van der Waals surface area contributed by atoms with Crippen LogP contribution in [0.1, 0.15) is 0 Å². The van der Waals surface area contributed by atoms with Crippen molar-refractivity contribution in [2.75, 3.05) is 32.9 Å². The van der Waals surface area contributed by atoms with E-state index in [0.29, 0.717) is 32.1 Å². The van der Waals surface area contributed by atoms with E-state index in [0.717, 1.165) is 0 Å². The Bertz CT molecular complexity index is 333. The van der Waals surface area contributed by atoms with E-state index in [1.165, 1.54) is 0 Å². The predicted molar refractivity (Wildman–Crippen MR) is 58.2 cm³/mol. The Morgan fingerprint density at radius 1 is 1.38 bits per heavy atom. The third-order valence-electron chi connectivity index (χ3n) is 2.41. The second kappa shape index (κ2) is 5.51. The van der Waals surface area contributed by atoms with Crippen molar-refractivity contribution < 1.29 is 14.3 Å². The topological polar surface area (TPSA) is 38.8 Å². The molecule has 1 aromatic carbocycles. The highest BCUT2D eigenvalue weighted by Crippen LogP contribution is 2.08. The normalized spacial score (nSPS) is 15.9. The summed E-state index contributed by atoms with van der Waals surface area (Å²) in [5, 5.41) is 0. The molecule has 1 radical (unpaired) electrons. The van der Waals surface area contributed by atoms with Gasteiger partial charge in [-0.2, -0.15) is 0 Å². The first-order valence-corrected chi connectivity index (χ1v) is 5.31. The molecule has 0 aliphatic carbocycles. The van der Waals surface area contributed by atoms with E-state index < -0.39 is 0 Å². The van der Waals surface area contributed by atoms with Crippen molar-refractivity contribution in [3.05, 3.63) is 30.3 Å². The Morgan fingerprint density at radius 3 is 2.75 bits per heavy atom. The molecule has 0 saturated carbocycles. The minimum Gasteiger partial charge on any atom is -0.484 e. The van der Waals surface area contributed by atoms with Crippen molar-refractivity contribution in [1.29, 1.82) is 0 Å². The van der Waals surface area contributed by atoms with Gasteiger partial charge in [-0.15, -0.1) is 0 Å². The number of carbonyl (C=O) groups excluding carboxylic acids is 1. The molecule has 4 nitrogen and oxygen atoms in total. The number of hydrogen-bond acceptors (Lipinski definition) is 3. The van der Waals surface area contributed by atoms with Crippen molar-refractivity contribution in [2.45, 2.75) is 0 Å². The summed E-state index contributed by atoms with van der Waals surface area (Å²) in [5.41, 5.74) is 0. The fraction of sp³-hybridized carbons (Fsp3) is 0.417. The van der Waals surface area contributed by atoms with Crippen LogP contribution in [0.3, 0.4) is 0 Å². The highest BCUT2D eigenvalue weighted by atomic mass is 16.5. The summed E-state index contributed by atoms with van der Waals surface area (Å²) in [4.78, 5) is 13.5. The van der Waals surface area contributed by atoms with Crippen LogP contribution in [-0.2, 0) is 9.53 Å². The average molecular weight is 220 g/mol. The lowest BCUT2D eigenvalue weighted by molar-refractivity contribution is -0.137. The molecule has 0 spiro atoms. The molecule has 4 heteroatoms. The smallest absolute Gasteiger partial charge is 0.260 e. The number of ether oxygens (including phenoxy) is 2. The summed E-state index contributed by atoms with van der Waals surface area (Å²) in [6, 6.07) is 9.98. The van der Waals surface area contributed by atoms with Crippen molar-refractivity contribution in [3.63, 3.8) is 0 Å². The average Bonchev–Trinajstić information content (AvgIpc) is 2.38. The van der Waals surface area contributed by atoms with Crippen LogP contribution in [0.4, 0.5) is 0 Å². The molecule has 1 fully saturated rings. The van der Waals surface area contributed by atoms with Gasteiger partial charge < -0.3 is 14.4 Å². The molecular weight excluding hydrogens is 206 g/mol. The van der Waals surface area contributed by atoms with Gasteiger partial charge in [0.05, 0.1) is 13.2 Å². The number of carbonyl (C=O) groups is 1. The molecule has 85 valence electrons. The van der Waals surface area contributed by atoms with Crippen LogP contribution in [0.5, 0.6) is 5.75 Å². The van der Waals surface area contributed by atoms with Crippen molar-refractivity contribution >= 4 is 5.91 Å². The third-order valence-corrected chi connectivity index (χ3v) is 2.41. The van der Waals surface area contributed by atoms with Gasteiger partial charge in [0.2, 0.25) is 0 Å². The highest BCUT2D eigenvalue weighted by Gasteiger charge is 2.16. The van der Waals surface area contributed by atoms with E-state index in [9.17, 15) is 4.79 Å². The van der Waals surface area contributed by atoms with Crippen LogP contribution in [0.15, 0.2) is 24.3 Å². The predicted octanol–water partition coefficient (Wildman–Crippen LogP) is 0.724. The van der Waals surface area contributed by atoms with Crippen LogP contribution < -0.4 is 4.74 Å². The SMILES string of the molecule is O=C(COc1cc[c]cc1)N1CCOCC1. The summed E-state index contributed by atoms with van der Waals surface area (Å²) in [6.07, 6.45) is 0. The molecule has 1 aromatic rings. The van der Waals surface area contributed by atoms with E-state index in [1.54, 1.807) is 29.2 Å². The standard InChI is InChI=1S/C12H14NO3/c14-12(13-6-8-15-9-7-13)10-16-11-4-2-1-3-5-11/h2-5H,6-10H2. The summed E-state index contributed by atoms with van der Waals surface area (Å²) in [5.74, 6) is 0.705. The number of morpholine rings is 1. The number of hydrogen-bond donors (Lipinski definition) is 0. The van der Waals surface area contributed by atoms with E-state index >= 15 is 0 Å². The van der Waals surface area contributed by atoms with Gasteiger partial charge in [0.25, 0.3) is 5.91 Å². The second-order valence-electron chi connectivity index (χ2n) is 3.52. The maximum absolute atomic E-state index is 11.7. The molecule has 1 aliphatic heterocycles. The van der Waals surface area contributed by atoms with Crippen LogP contribution >= 0.6 is 0 Å². The first-order valence-electron chi connectivity index (χ1n) is 5.31. The van der Waals surface area contributed by atoms with Gasteiger partial charge in [0.15, 0.2) is 6.61 Å². The maximum Gasteiger partial charge on any atom is 0.260 e. The summed E-state index contributed by atoms with van der Waals surface area (Å²) in [6.45, 7) is 2.64. The highest BCUT2D eigenvalue weighted by molar-refractivity contribution is 5.77.